The van der Waals surface area contributed by atoms with Gasteiger partial charge < -0.3 is 0 Å². The fourth-order valence-electron chi connectivity index (χ4n) is 1.88. The van der Waals surface area contributed by atoms with E-state index in [-0.39, 0.29) is 0 Å². The molecule has 0 rings (SSSR count). The van der Waals surface area contributed by atoms with E-state index in [0.29, 0.717) is 0 Å². The lowest BCUT2D eigenvalue weighted by Crippen LogP contribution is -2.42. The van der Waals surface area contributed by atoms with Gasteiger partial charge in [-0.2, -0.15) is 43.2 Å². The van der Waals surface area contributed by atoms with Crippen LogP contribution in [0.15, 0.2) is 0 Å². The van der Waals surface area contributed by atoms with E-state index in [1.54, 1.807) is 0 Å². The zero-order chi connectivity index (χ0) is 24.2. The van der Waals surface area contributed by atoms with Crippen molar-refractivity contribution < 1.29 is 65.2 Å². The minimum absolute atomic E-state index is 0.606. The maximum atomic E-state index is 12.6. The van der Waals surface area contributed by atoms with Gasteiger partial charge in [-0.15, -0.1) is 0 Å². The Labute approximate surface area is 170 Å². The molecule has 0 aromatic carbocycles. The van der Waals surface area contributed by atoms with E-state index in [9.17, 15) is 47.7 Å². The Bertz CT molecular complexity index is 733. The quantitative estimate of drug-likeness (QED) is 0.123. The molecule has 0 aromatic rings. The number of alkyl halides is 6. The molecule has 0 saturated carbocycles. The van der Waals surface area contributed by atoms with Crippen LogP contribution in [0.5, 0.6) is 0 Å². The van der Waals surface area contributed by atoms with Gasteiger partial charge in [-0.05, 0) is 0 Å². The van der Waals surface area contributed by atoms with Gasteiger partial charge in [-0.25, -0.2) is 8.37 Å². The molecule has 182 valence electrons. The number of hydrogen-bond acceptors (Lipinski definition) is 9. The molecule has 0 spiro atoms. The Morgan fingerprint density at radius 2 is 0.867 bits per heavy atom. The molecule has 0 aromatic heterocycles. The number of hydrogen-bond donors (Lipinski definition) is 0. The van der Waals surface area contributed by atoms with Crippen LogP contribution in [-0.2, 0) is 42.2 Å². The van der Waals surface area contributed by atoms with Crippen molar-refractivity contribution in [2.45, 2.75) is 76.0 Å². The van der Waals surface area contributed by atoms with Crippen molar-refractivity contribution in [1.29, 1.82) is 0 Å². The van der Waals surface area contributed by atoms with Crippen LogP contribution in [0.25, 0.3) is 0 Å². The third-order valence-corrected chi connectivity index (χ3v) is 7.04. The molecule has 0 heterocycles. The van der Waals surface area contributed by atoms with Crippen molar-refractivity contribution >= 4 is 28.5 Å². The zero-order valence-electron chi connectivity index (χ0n) is 16.1. The van der Waals surface area contributed by atoms with Crippen LogP contribution < -0.4 is 0 Å². The minimum atomic E-state index is -6.21. The highest BCUT2D eigenvalue weighted by Crippen LogP contribution is 2.45. The molecule has 0 N–H and O–H groups in total. The highest BCUT2D eigenvalue weighted by atomic mass is 32.2. The summed E-state index contributed by atoms with van der Waals surface area (Å²) in [5.74, 6) is -5.30. The molecule has 30 heavy (non-hydrogen) atoms. The van der Waals surface area contributed by atoms with Gasteiger partial charge in [-0.1, -0.05) is 27.7 Å². The lowest BCUT2D eigenvalue weighted by molar-refractivity contribution is -0.165. The van der Waals surface area contributed by atoms with E-state index in [1.165, 1.54) is 0 Å². The van der Waals surface area contributed by atoms with Crippen molar-refractivity contribution in [3.8, 4) is 0 Å². The maximum absolute atomic E-state index is 12.6. The van der Waals surface area contributed by atoms with Gasteiger partial charge in [0.2, 0.25) is 0 Å². The highest BCUT2D eigenvalue weighted by molar-refractivity contribution is 7.87. The summed E-state index contributed by atoms with van der Waals surface area (Å²) in [5, 5.41) is 0. The molecule has 0 aliphatic carbocycles. The Balaban J connectivity index is 5.81. The lowest BCUT2D eigenvalue weighted by Gasteiger charge is -2.34. The number of halogens is 6. The summed E-state index contributed by atoms with van der Waals surface area (Å²) in [6.45, 7) is 4.45. The molecule has 0 bridgehead atoms. The van der Waals surface area contributed by atoms with Crippen LogP contribution >= 0.6 is 8.25 Å². The van der Waals surface area contributed by atoms with Crippen LogP contribution in [0.1, 0.15) is 53.4 Å². The van der Waals surface area contributed by atoms with Gasteiger partial charge in [0.15, 0.2) is 11.6 Å². The van der Waals surface area contributed by atoms with Crippen molar-refractivity contribution in [1.82, 2.24) is 0 Å². The second kappa shape index (κ2) is 10.0. The standard InChI is InChI=1S/C12H21F6O9PS2/c1-5-9(6-2,26-29(20,21)11(13,14)15)24-28(19)25-10(7-3,8-4)27-30(22,23)12(16,17)18/h28H,5-8H2,1-4H3. The average molecular weight is 518 g/mol. The first-order chi connectivity index (χ1) is 13.3. The monoisotopic (exact) mass is 518 g/mol. The van der Waals surface area contributed by atoms with Crippen molar-refractivity contribution in [3.05, 3.63) is 0 Å². The smallest absolute Gasteiger partial charge is 0.276 e. The third-order valence-electron chi connectivity index (χ3n) is 3.78. The first kappa shape index (κ1) is 29.5. The SMILES string of the molecule is CCC(CC)(O[PH](=O)OC(CC)(CC)OS(=O)(=O)C(F)(F)F)OS(=O)(=O)C(F)(F)F. The highest BCUT2D eigenvalue weighted by Gasteiger charge is 2.54. The summed E-state index contributed by atoms with van der Waals surface area (Å²) < 4.78 is 150. The summed E-state index contributed by atoms with van der Waals surface area (Å²) in [6, 6.07) is 0. The van der Waals surface area contributed by atoms with E-state index in [1.807, 2.05) is 0 Å². The van der Waals surface area contributed by atoms with Crippen LogP contribution in [0.3, 0.4) is 0 Å². The predicted molar refractivity (Wildman–Crippen MR) is 89.9 cm³/mol. The van der Waals surface area contributed by atoms with E-state index in [0.717, 1.165) is 27.7 Å². The molecule has 0 atom stereocenters. The van der Waals surface area contributed by atoms with Gasteiger partial charge in [0.05, 0.1) is 0 Å². The van der Waals surface area contributed by atoms with Crippen LogP contribution in [0.2, 0.25) is 0 Å². The topological polar surface area (TPSA) is 122 Å². The molecule has 18 heteroatoms. The molecule has 0 radical (unpaired) electrons. The normalized spacial score (nSPS) is 15.0. The fraction of sp³-hybridized carbons (Fsp3) is 1.00. The van der Waals surface area contributed by atoms with Crippen molar-refractivity contribution in [2.75, 3.05) is 0 Å². The summed E-state index contributed by atoms with van der Waals surface area (Å²) >= 11 is 0. The molecular weight excluding hydrogens is 497 g/mol. The van der Waals surface area contributed by atoms with E-state index in [4.69, 9.17) is 9.05 Å². The van der Waals surface area contributed by atoms with Gasteiger partial charge in [0.1, 0.15) is 0 Å². The van der Waals surface area contributed by atoms with Crippen LogP contribution in [0.4, 0.5) is 26.3 Å². The van der Waals surface area contributed by atoms with Crippen molar-refractivity contribution in [2.24, 2.45) is 0 Å². The van der Waals surface area contributed by atoms with Gasteiger partial charge in [0.25, 0.3) is 0 Å². The second-order valence-electron chi connectivity index (χ2n) is 5.66. The first-order valence-electron chi connectivity index (χ1n) is 8.21. The van der Waals surface area contributed by atoms with Crippen LogP contribution in [-0.4, -0.2) is 39.4 Å². The lowest BCUT2D eigenvalue weighted by atomic mass is 10.2. The van der Waals surface area contributed by atoms with E-state index < -0.39 is 76.8 Å². The maximum Gasteiger partial charge on any atom is 0.523 e. The fourth-order valence-corrected chi connectivity index (χ4v) is 4.84. The molecule has 0 amide bonds. The average Bonchev–Trinajstić information content (AvgIpc) is 2.57. The van der Waals surface area contributed by atoms with Gasteiger partial charge >= 0.3 is 39.5 Å². The number of rotatable bonds is 12. The second-order valence-corrected chi connectivity index (χ2v) is 9.64. The summed E-state index contributed by atoms with van der Waals surface area (Å²) in [5.41, 5.74) is -11.7. The summed E-state index contributed by atoms with van der Waals surface area (Å²) in [4.78, 5) is 0. The summed E-state index contributed by atoms with van der Waals surface area (Å²) in [7, 11) is -16.6. The van der Waals surface area contributed by atoms with E-state index in [2.05, 4.69) is 8.37 Å². The Kier molecular flexibility index (Phi) is 9.85. The molecular formula is C12H21F6O9PS2. The molecule has 0 saturated heterocycles. The third kappa shape index (κ3) is 7.31. The minimum Gasteiger partial charge on any atom is -0.276 e. The summed E-state index contributed by atoms with van der Waals surface area (Å²) in [6.07, 6.45) is -2.42. The molecule has 0 unspecified atom stereocenters. The van der Waals surface area contributed by atoms with Gasteiger partial charge in [0, 0.05) is 25.7 Å². The van der Waals surface area contributed by atoms with Gasteiger partial charge in [-0.3, -0.25) is 13.6 Å². The molecule has 0 aliphatic rings. The van der Waals surface area contributed by atoms with Crippen molar-refractivity contribution in [3.63, 3.8) is 0 Å². The molecule has 0 aliphatic heterocycles. The zero-order valence-corrected chi connectivity index (χ0v) is 18.7. The predicted octanol–water partition coefficient (Wildman–Crippen LogP) is 4.17. The van der Waals surface area contributed by atoms with Crippen LogP contribution in [0, 0.1) is 0 Å². The Morgan fingerprint density at radius 1 is 0.633 bits per heavy atom. The Hall–Kier alpha value is -0.450. The molecule has 0 fully saturated rings. The first-order valence-corrected chi connectivity index (χ1v) is 12.3. The molecule has 9 nitrogen and oxygen atoms in total. The van der Waals surface area contributed by atoms with E-state index >= 15 is 0 Å². The largest absolute Gasteiger partial charge is 0.523 e. The Morgan fingerprint density at radius 3 is 1.03 bits per heavy atom.